The fraction of sp³-hybridized carbons (Fsp3) is 0.846. The van der Waals surface area contributed by atoms with Gasteiger partial charge in [0.25, 0.3) is 0 Å². The standard InChI is InChI=1S/C13H22N2O5/c16-10-8-20-7-9(13(10)19)14-11(17)6-15-5-3-1-2-4-12(15)18/h9-10,13,16,19H,1-8H2,(H,14,17)/t9-,10-,13+/m1/s1. The first-order chi connectivity index (χ1) is 9.58. The predicted molar refractivity (Wildman–Crippen MR) is 69.8 cm³/mol. The second-order valence-electron chi connectivity index (χ2n) is 5.40. The van der Waals surface area contributed by atoms with Gasteiger partial charge in [0.15, 0.2) is 0 Å². The minimum atomic E-state index is -1.03. The van der Waals surface area contributed by atoms with Gasteiger partial charge in [0.2, 0.25) is 11.8 Å². The van der Waals surface area contributed by atoms with Gasteiger partial charge in [0.05, 0.1) is 25.8 Å². The Hall–Kier alpha value is -1.18. The van der Waals surface area contributed by atoms with Crippen LogP contribution < -0.4 is 5.32 Å². The molecule has 20 heavy (non-hydrogen) atoms. The molecule has 0 saturated carbocycles. The number of ether oxygens (including phenoxy) is 1. The number of carbonyl (C=O) groups is 2. The minimum absolute atomic E-state index is 0.00173. The third-order valence-electron chi connectivity index (χ3n) is 3.74. The van der Waals surface area contributed by atoms with E-state index in [1.165, 1.54) is 0 Å². The molecule has 2 saturated heterocycles. The van der Waals surface area contributed by atoms with Gasteiger partial charge in [-0.15, -0.1) is 0 Å². The summed E-state index contributed by atoms with van der Waals surface area (Å²) in [5.41, 5.74) is 0. The summed E-state index contributed by atoms with van der Waals surface area (Å²) in [6.07, 6.45) is 1.25. The van der Waals surface area contributed by atoms with Crippen LogP contribution >= 0.6 is 0 Å². The Kier molecular flexibility index (Phi) is 5.33. The molecule has 0 aromatic carbocycles. The first kappa shape index (κ1) is 15.2. The number of aliphatic hydroxyl groups excluding tert-OH is 2. The maximum absolute atomic E-state index is 11.9. The molecule has 0 radical (unpaired) electrons. The molecule has 0 unspecified atom stereocenters. The summed E-state index contributed by atoms with van der Waals surface area (Å²) in [6.45, 7) is 0.826. The average Bonchev–Trinajstić information content (AvgIpc) is 2.61. The molecule has 0 aromatic heterocycles. The highest BCUT2D eigenvalue weighted by atomic mass is 16.5. The van der Waals surface area contributed by atoms with Gasteiger partial charge in [-0.2, -0.15) is 0 Å². The van der Waals surface area contributed by atoms with Crippen molar-refractivity contribution >= 4 is 11.8 Å². The van der Waals surface area contributed by atoms with Gasteiger partial charge in [-0.1, -0.05) is 6.42 Å². The molecule has 2 aliphatic heterocycles. The summed E-state index contributed by atoms with van der Waals surface area (Å²) in [5.74, 6) is -0.333. The van der Waals surface area contributed by atoms with E-state index in [1.54, 1.807) is 4.90 Å². The first-order valence-electron chi connectivity index (χ1n) is 7.09. The Labute approximate surface area is 117 Å². The van der Waals surface area contributed by atoms with Crippen LogP contribution in [-0.2, 0) is 14.3 Å². The van der Waals surface area contributed by atoms with Crippen molar-refractivity contribution in [2.75, 3.05) is 26.3 Å². The van der Waals surface area contributed by atoms with E-state index in [-0.39, 0.29) is 31.6 Å². The Morgan fingerprint density at radius 3 is 2.90 bits per heavy atom. The van der Waals surface area contributed by atoms with Crippen molar-refractivity contribution in [3.8, 4) is 0 Å². The van der Waals surface area contributed by atoms with Crippen LogP contribution in [0, 0.1) is 0 Å². The SMILES string of the molecule is O=C(CN1CCCCCC1=O)N[C@@H]1COC[C@@H](O)[C@H]1O. The Bertz CT molecular complexity index is 363. The summed E-state index contributed by atoms with van der Waals surface area (Å²) in [5, 5.41) is 21.9. The number of hydrogen-bond donors (Lipinski definition) is 3. The monoisotopic (exact) mass is 286 g/mol. The molecule has 2 amide bonds. The number of likely N-dealkylation sites (tertiary alicyclic amines) is 1. The zero-order valence-corrected chi connectivity index (χ0v) is 11.5. The zero-order valence-electron chi connectivity index (χ0n) is 11.5. The topological polar surface area (TPSA) is 99.1 Å². The molecule has 2 rings (SSSR count). The predicted octanol–water partition coefficient (Wildman–Crippen LogP) is -1.37. The van der Waals surface area contributed by atoms with Gasteiger partial charge in [0, 0.05) is 13.0 Å². The van der Waals surface area contributed by atoms with E-state index in [9.17, 15) is 19.8 Å². The molecule has 7 nitrogen and oxygen atoms in total. The van der Waals surface area contributed by atoms with Gasteiger partial charge >= 0.3 is 0 Å². The second-order valence-corrected chi connectivity index (χ2v) is 5.40. The largest absolute Gasteiger partial charge is 0.388 e. The molecule has 0 aromatic rings. The molecule has 2 aliphatic rings. The lowest BCUT2D eigenvalue weighted by Gasteiger charge is -2.32. The first-order valence-corrected chi connectivity index (χ1v) is 7.09. The second kappa shape index (κ2) is 7.01. The van der Waals surface area contributed by atoms with Crippen molar-refractivity contribution in [2.45, 2.75) is 43.9 Å². The number of carbonyl (C=O) groups excluding carboxylic acids is 2. The molecule has 0 aliphatic carbocycles. The van der Waals surface area contributed by atoms with E-state index < -0.39 is 18.2 Å². The van der Waals surface area contributed by atoms with Crippen molar-refractivity contribution in [3.05, 3.63) is 0 Å². The van der Waals surface area contributed by atoms with Crippen LogP contribution in [0.4, 0.5) is 0 Å². The lowest BCUT2D eigenvalue weighted by Crippen LogP contribution is -2.57. The number of nitrogens with zero attached hydrogens (tertiary/aromatic N) is 1. The molecule has 7 heteroatoms. The van der Waals surface area contributed by atoms with Crippen molar-refractivity contribution < 1.29 is 24.5 Å². The summed E-state index contributed by atoms with van der Waals surface area (Å²) in [4.78, 5) is 25.3. The van der Waals surface area contributed by atoms with Crippen LogP contribution in [0.5, 0.6) is 0 Å². The van der Waals surface area contributed by atoms with E-state index in [4.69, 9.17) is 4.74 Å². The normalized spacial score (nSPS) is 31.8. The Balaban J connectivity index is 1.83. The van der Waals surface area contributed by atoms with Gasteiger partial charge in [-0.05, 0) is 12.8 Å². The van der Waals surface area contributed by atoms with Crippen LogP contribution in [0.25, 0.3) is 0 Å². The fourth-order valence-corrected chi connectivity index (χ4v) is 2.54. The van der Waals surface area contributed by atoms with Gasteiger partial charge < -0.3 is 25.2 Å². The van der Waals surface area contributed by atoms with Crippen molar-refractivity contribution in [1.82, 2.24) is 10.2 Å². The maximum atomic E-state index is 11.9. The van der Waals surface area contributed by atoms with E-state index >= 15 is 0 Å². The summed E-state index contributed by atoms with van der Waals surface area (Å²) in [7, 11) is 0. The third kappa shape index (κ3) is 3.91. The smallest absolute Gasteiger partial charge is 0.240 e. The highest BCUT2D eigenvalue weighted by molar-refractivity contribution is 5.85. The number of hydrogen-bond acceptors (Lipinski definition) is 5. The number of rotatable bonds is 3. The quantitative estimate of drug-likeness (QED) is 0.594. The molecule has 0 bridgehead atoms. The van der Waals surface area contributed by atoms with E-state index in [0.717, 1.165) is 19.3 Å². The Morgan fingerprint density at radius 1 is 1.30 bits per heavy atom. The van der Waals surface area contributed by atoms with Crippen LogP contribution in [-0.4, -0.2) is 71.5 Å². The lowest BCUT2D eigenvalue weighted by atomic mass is 10.0. The van der Waals surface area contributed by atoms with Crippen molar-refractivity contribution in [3.63, 3.8) is 0 Å². The fourth-order valence-electron chi connectivity index (χ4n) is 2.54. The highest BCUT2D eigenvalue weighted by Gasteiger charge is 2.32. The highest BCUT2D eigenvalue weighted by Crippen LogP contribution is 2.11. The Morgan fingerprint density at radius 2 is 2.10 bits per heavy atom. The molecular formula is C13H22N2O5. The van der Waals surface area contributed by atoms with E-state index in [0.29, 0.717) is 13.0 Å². The van der Waals surface area contributed by atoms with Gasteiger partial charge in [-0.25, -0.2) is 0 Å². The molecule has 2 heterocycles. The molecule has 3 atom stereocenters. The average molecular weight is 286 g/mol. The molecule has 0 spiro atoms. The van der Waals surface area contributed by atoms with Gasteiger partial charge in [0.1, 0.15) is 12.2 Å². The van der Waals surface area contributed by atoms with E-state index in [2.05, 4.69) is 5.32 Å². The van der Waals surface area contributed by atoms with E-state index in [1.807, 2.05) is 0 Å². The van der Waals surface area contributed by atoms with Crippen LogP contribution in [0.1, 0.15) is 25.7 Å². The summed E-state index contributed by atoms with van der Waals surface area (Å²) < 4.78 is 5.09. The molecule has 3 N–H and O–H groups in total. The van der Waals surface area contributed by atoms with Crippen LogP contribution in [0.15, 0.2) is 0 Å². The zero-order chi connectivity index (χ0) is 14.5. The number of nitrogens with one attached hydrogen (secondary N) is 1. The molecular weight excluding hydrogens is 264 g/mol. The minimum Gasteiger partial charge on any atom is -0.388 e. The van der Waals surface area contributed by atoms with Crippen molar-refractivity contribution in [1.29, 1.82) is 0 Å². The van der Waals surface area contributed by atoms with Crippen LogP contribution in [0.2, 0.25) is 0 Å². The van der Waals surface area contributed by atoms with Crippen molar-refractivity contribution in [2.24, 2.45) is 0 Å². The summed E-state index contributed by atoms with van der Waals surface area (Å²) in [6, 6.07) is -0.631. The molecule has 114 valence electrons. The molecule has 2 fully saturated rings. The maximum Gasteiger partial charge on any atom is 0.240 e. The summed E-state index contributed by atoms with van der Waals surface area (Å²) >= 11 is 0. The van der Waals surface area contributed by atoms with Crippen LogP contribution in [0.3, 0.4) is 0 Å². The number of aliphatic hydroxyl groups is 2. The third-order valence-corrected chi connectivity index (χ3v) is 3.74. The van der Waals surface area contributed by atoms with Gasteiger partial charge in [-0.3, -0.25) is 9.59 Å². The number of amides is 2. The lowest BCUT2D eigenvalue weighted by molar-refractivity contribution is -0.139.